The Labute approximate surface area is 134 Å². The number of carbonyl (C=O) groups excluding carboxylic acids is 2. The lowest BCUT2D eigenvalue weighted by molar-refractivity contribution is -0.131. The Hall–Kier alpha value is -2.82. The molecule has 0 saturated carbocycles. The number of nitrogens with one attached hydrogen (secondary N) is 1. The lowest BCUT2D eigenvalue weighted by atomic mass is 10.2. The van der Waals surface area contributed by atoms with Gasteiger partial charge in [0.05, 0.1) is 5.69 Å². The molecule has 0 bridgehead atoms. The minimum atomic E-state index is -0.424. The topological polar surface area (TPSA) is 58.6 Å². The molecule has 23 heavy (non-hydrogen) atoms. The summed E-state index contributed by atoms with van der Waals surface area (Å²) in [5.41, 5.74) is 0.592. The van der Waals surface area contributed by atoms with Gasteiger partial charge in [0, 0.05) is 13.5 Å². The number of para-hydroxylation sites is 3. The lowest BCUT2D eigenvalue weighted by Crippen LogP contribution is -2.38. The molecular weight excluding hydrogens is 292 g/mol. The van der Waals surface area contributed by atoms with Gasteiger partial charge in [0.15, 0.2) is 5.75 Å². The maximum absolute atomic E-state index is 12.4. The summed E-state index contributed by atoms with van der Waals surface area (Å²) < 4.78 is 5.83. The predicted octanol–water partition coefficient (Wildman–Crippen LogP) is 3.04. The lowest BCUT2D eigenvalue weighted by Gasteiger charge is -2.20. The van der Waals surface area contributed by atoms with Gasteiger partial charge in [-0.1, -0.05) is 30.3 Å². The first-order valence-corrected chi connectivity index (χ1v) is 7.53. The zero-order valence-electron chi connectivity index (χ0n) is 12.9. The van der Waals surface area contributed by atoms with Gasteiger partial charge in [-0.15, -0.1) is 0 Å². The zero-order valence-corrected chi connectivity index (χ0v) is 12.9. The summed E-state index contributed by atoms with van der Waals surface area (Å²) in [4.78, 5) is 25.5. The van der Waals surface area contributed by atoms with Crippen LogP contribution in [0.15, 0.2) is 54.6 Å². The van der Waals surface area contributed by atoms with Gasteiger partial charge in [0.25, 0.3) is 0 Å². The molecule has 1 fully saturated rings. The molecule has 1 unspecified atom stereocenters. The third-order valence-corrected chi connectivity index (χ3v) is 3.91. The summed E-state index contributed by atoms with van der Waals surface area (Å²) in [6.07, 6.45) is 0.958. The highest BCUT2D eigenvalue weighted by Crippen LogP contribution is 2.30. The Kier molecular flexibility index (Phi) is 4.28. The maximum atomic E-state index is 12.4. The number of carbonyl (C=O) groups is 2. The first kappa shape index (κ1) is 15.1. The van der Waals surface area contributed by atoms with Crippen molar-refractivity contribution in [2.75, 3.05) is 12.4 Å². The Morgan fingerprint density at radius 3 is 2.52 bits per heavy atom. The van der Waals surface area contributed by atoms with Gasteiger partial charge in [-0.2, -0.15) is 0 Å². The molecule has 2 aromatic carbocycles. The molecule has 1 atom stereocenters. The first-order valence-electron chi connectivity index (χ1n) is 7.53. The normalized spacial score (nSPS) is 17.2. The van der Waals surface area contributed by atoms with Crippen molar-refractivity contribution in [3.05, 3.63) is 54.6 Å². The van der Waals surface area contributed by atoms with Gasteiger partial charge in [-0.3, -0.25) is 9.59 Å². The second-order valence-corrected chi connectivity index (χ2v) is 5.46. The number of hydrogen-bond donors (Lipinski definition) is 1. The highest BCUT2D eigenvalue weighted by atomic mass is 16.5. The molecular formula is C18H18N2O3. The molecule has 0 aromatic heterocycles. The fourth-order valence-electron chi connectivity index (χ4n) is 2.60. The van der Waals surface area contributed by atoms with Crippen LogP contribution in [-0.2, 0) is 9.59 Å². The molecule has 5 heteroatoms. The second kappa shape index (κ2) is 6.52. The number of amides is 2. The molecule has 1 aliphatic heterocycles. The summed E-state index contributed by atoms with van der Waals surface area (Å²) in [5, 5.41) is 2.87. The van der Waals surface area contributed by atoms with Crippen molar-refractivity contribution in [1.82, 2.24) is 4.90 Å². The average Bonchev–Trinajstić information content (AvgIpc) is 2.90. The predicted molar refractivity (Wildman–Crippen MR) is 87.4 cm³/mol. The summed E-state index contributed by atoms with van der Waals surface area (Å²) in [5.74, 6) is 1.07. The van der Waals surface area contributed by atoms with Crippen LogP contribution in [0.25, 0.3) is 0 Å². The molecule has 0 radical (unpaired) electrons. The third kappa shape index (κ3) is 3.34. The van der Waals surface area contributed by atoms with Crippen molar-refractivity contribution < 1.29 is 14.3 Å². The maximum Gasteiger partial charge on any atom is 0.247 e. The van der Waals surface area contributed by atoms with Crippen LogP contribution in [-0.4, -0.2) is 29.8 Å². The van der Waals surface area contributed by atoms with E-state index in [1.807, 2.05) is 42.5 Å². The third-order valence-electron chi connectivity index (χ3n) is 3.91. The van der Waals surface area contributed by atoms with Gasteiger partial charge < -0.3 is 15.0 Å². The summed E-state index contributed by atoms with van der Waals surface area (Å²) in [6, 6.07) is 16.2. The SMILES string of the molecule is CN1C(=O)CCC1C(=O)Nc1ccccc1Oc1ccccc1. The molecule has 2 aromatic rings. The molecule has 1 N–H and O–H groups in total. The van der Waals surface area contributed by atoms with Gasteiger partial charge >= 0.3 is 0 Å². The van der Waals surface area contributed by atoms with E-state index in [1.54, 1.807) is 19.2 Å². The van der Waals surface area contributed by atoms with Crippen molar-refractivity contribution in [3.8, 4) is 11.5 Å². The van der Waals surface area contributed by atoms with Gasteiger partial charge in [-0.05, 0) is 30.7 Å². The quantitative estimate of drug-likeness (QED) is 0.944. The number of likely N-dealkylation sites (tertiary alicyclic amines) is 1. The molecule has 1 aliphatic rings. The fraction of sp³-hybridized carbons (Fsp3) is 0.222. The van der Waals surface area contributed by atoms with Gasteiger partial charge in [0.2, 0.25) is 11.8 Å². The van der Waals surface area contributed by atoms with Crippen LogP contribution in [0.1, 0.15) is 12.8 Å². The minimum absolute atomic E-state index is 0.000953. The minimum Gasteiger partial charge on any atom is -0.455 e. The summed E-state index contributed by atoms with van der Waals surface area (Å²) >= 11 is 0. The van der Waals surface area contributed by atoms with Crippen molar-refractivity contribution in [2.45, 2.75) is 18.9 Å². The van der Waals surface area contributed by atoms with Crippen LogP contribution < -0.4 is 10.1 Å². The monoisotopic (exact) mass is 310 g/mol. The Balaban J connectivity index is 1.76. The Bertz CT molecular complexity index is 715. The molecule has 0 aliphatic carbocycles. The van der Waals surface area contributed by atoms with E-state index in [4.69, 9.17) is 4.74 Å². The summed E-state index contributed by atoms with van der Waals surface area (Å²) in [7, 11) is 1.66. The number of hydrogen-bond acceptors (Lipinski definition) is 3. The average molecular weight is 310 g/mol. The smallest absolute Gasteiger partial charge is 0.247 e. The second-order valence-electron chi connectivity index (χ2n) is 5.46. The van der Waals surface area contributed by atoms with Gasteiger partial charge in [-0.25, -0.2) is 0 Å². The van der Waals surface area contributed by atoms with Crippen molar-refractivity contribution in [1.29, 1.82) is 0 Å². The van der Waals surface area contributed by atoms with E-state index in [1.165, 1.54) is 4.90 Å². The van der Waals surface area contributed by atoms with Crippen molar-refractivity contribution in [2.24, 2.45) is 0 Å². The molecule has 1 heterocycles. The number of likely N-dealkylation sites (N-methyl/N-ethyl adjacent to an activating group) is 1. The van der Waals surface area contributed by atoms with Gasteiger partial charge in [0.1, 0.15) is 11.8 Å². The number of nitrogens with zero attached hydrogens (tertiary/aromatic N) is 1. The van der Waals surface area contributed by atoms with Crippen molar-refractivity contribution >= 4 is 17.5 Å². The van der Waals surface area contributed by atoms with Crippen molar-refractivity contribution in [3.63, 3.8) is 0 Å². The van der Waals surface area contributed by atoms with E-state index in [9.17, 15) is 9.59 Å². The largest absolute Gasteiger partial charge is 0.455 e. The molecule has 3 rings (SSSR count). The van der Waals surface area contributed by atoms with E-state index in [0.29, 0.717) is 30.0 Å². The number of anilines is 1. The number of ether oxygens (including phenoxy) is 1. The van der Waals surface area contributed by atoms with Crippen LogP contribution in [0.3, 0.4) is 0 Å². The first-order chi connectivity index (χ1) is 11.1. The highest BCUT2D eigenvalue weighted by molar-refractivity contribution is 5.99. The highest BCUT2D eigenvalue weighted by Gasteiger charge is 2.33. The molecule has 118 valence electrons. The van der Waals surface area contributed by atoms with E-state index < -0.39 is 6.04 Å². The number of benzene rings is 2. The van der Waals surface area contributed by atoms with Crippen LogP contribution >= 0.6 is 0 Å². The van der Waals surface area contributed by atoms with E-state index in [2.05, 4.69) is 5.32 Å². The zero-order chi connectivity index (χ0) is 16.2. The van der Waals surface area contributed by atoms with Crippen LogP contribution in [0.4, 0.5) is 5.69 Å². The fourth-order valence-corrected chi connectivity index (χ4v) is 2.60. The number of rotatable bonds is 4. The molecule has 2 amide bonds. The van der Waals surface area contributed by atoms with E-state index >= 15 is 0 Å². The van der Waals surface area contributed by atoms with Crippen LogP contribution in [0.5, 0.6) is 11.5 Å². The van der Waals surface area contributed by atoms with Crippen LogP contribution in [0.2, 0.25) is 0 Å². The summed E-state index contributed by atoms with van der Waals surface area (Å²) in [6.45, 7) is 0. The molecule has 5 nitrogen and oxygen atoms in total. The van der Waals surface area contributed by atoms with E-state index in [-0.39, 0.29) is 11.8 Å². The Morgan fingerprint density at radius 1 is 1.13 bits per heavy atom. The standard InChI is InChI=1S/C18H18N2O3/c1-20-15(11-12-17(20)21)18(22)19-14-9-5-6-10-16(14)23-13-7-3-2-4-8-13/h2-10,15H,11-12H2,1H3,(H,19,22). The van der Waals surface area contributed by atoms with Crippen LogP contribution in [0, 0.1) is 0 Å². The Morgan fingerprint density at radius 2 is 1.83 bits per heavy atom. The molecule has 0 spiro atoms. The van der Waals surface area contributed by atoms with E-state index in [0.717, 1.165) is 0 Å². The molecule has 1 saturated heterocycles.